The van der Waals surface area contributed by atoms with Crippen molar-refractivity contribution < 1.29 is 0 Å². The normalized spacial score (nSPS) is 33.1. The van der Waals surface area contributed by atoms with E-state index in [0.717, 1.165) is 11.8 Å². The first-order valence-corrected chi connectivity index (χ1v) is 10.9. The van der Waals surface area contributed by atoms with E-state index < -0.39 is 0 Å². The molecule has 136 valence electrons. The van der Waals surface area contributed by atoms with Gasteiger partial charge in [0.2, 0.25) is 0 Å². The summed E-state index contributed by atoms with van der Waals surface area (Å²) < 4.78 is 0. The molecule has 1 aromatic rings. The summed E-state index contributed by atoms with van der Waals surface area (Å²) in [6.45, 7) is 4.99. The number of hydrogen-bond donors (Lipinski definition) is 0. The third kappa shape index (κ3) is 2.90. The molecule has 2 heteroatoms. The van der Waals surface area contributed by atoms with Crippen LogP contribution >= 0.6 is 0 Å². The summed E-state index contributed by atoms with van der Waals surface area (Å²) in [6.07, 6.45) is 18.0. The Kier molecular flexibility index (Phi) is 3.87. The molecule has 25 heavy (non-hydrogen) atoms. The van der Waals surface area contributed by atoms with Gasteiger partial charge in [0, 0.05) is 24.2 Å². The standard InChI is InChI=1S/C23H34N2/c1-22(10-12-23(13-11-22)8-2-3-9-23)21-7-6-20(15-24-21)25-16-18-4-5-19(14-18)17-25/h6-7,15,18-19H,2-5,8-14,16-17H2,1H3. The van der Waals surface area contributed by atoms with E-state index in [2.05, 4.69) is 30.2 Å². The third-order valence-corrected chi connectivity index (χ3v) is 8.42. The van der Waals surface area contributed by atoms with Crippen molar-refractivity contribution in [2.24, 2.45) is 17.3 Å². The monoisotopic (exact) mass is 338 g/mol. The van der Waals surface area contributed by atoms with Crippen LogP contribution in [0.5, 0.6) is 0 Å². The van der Waals surface area contributed by atoms with Crippen LogP contribution in [0.15, 0.2) is 18.3 Å². The molecule has 0 N–H and O–H groups in total. The number of pyridine rings is 1. The van der Waals surface area contributed by atoms with Gasteiger partial charge in [-0.25, -0.2) is 0 Å². The van der Waals surface area contributed by atoms with Gasteiger partial charge in [0.25, 0.3) is 0 Å². The van der Waals surface area contributed by atoms with Crippen LogP contribution in [0.1, 0.15) is 83.2 Å². The summed E-state index contributed by atoms with van der Waals surface area (Å²) in [7, 11) is 0. The minimum Gasteiger partial charge on any atom is -0.370 e. The predicted molar refractivity (Wildman–Crippen MR) is 104 cm³/mol. The van der Waals surface area contributed by atoms with Crippen LogP contribution in [-0.4, -0.2) is 18.1 Å². The molecule has 4 aliphatic rings. The molecule has 1 saturated heterocycles. The SMILES string of the molecule is CC1(c2ccc(N3CC4CCC(C4)C3)cn2)CCC2(CCCC2)CC1. The first kappa shape index (κ1) is 16.1. The van der Waals surface area contributed by atoms with Crippen molar-refractivity contribution in [1.82, 2.24) is 4.98 Å². The molecule has 3 aliphatic carbocycles. The summed E-state index contributed by atoms with van der Waals surface area (Å²) in [5.41, 5.74) is 3.75. The van der Waals surface area contributed by atoms with Gasteiger partial charge in [-0.15, -0.1) is 0 Å². The molecule has 1 spiro atoms. The van der Waals surface area contributed by atoms with E-state index in [9.17, 15) is 0 Å². The first-order valence-electron chi connectivity index (χ1n) is 10.9. The van der Waals surface area contributed by atoms with Crippen LogP contribution in [0, 0.1) is 17.3 Å². The van der Waals surface area contributed by atoms with Crippen LogP contribution in [-0.2, 0) is 5.41 Å². The second kappa shape index (κ2) is 5.99. The van der Waals surface area contributed by atoms with E-state index in [0.29, 0.717) is 10.8 Å². The highest BCUT2D eigenvalue weighted by atomic mass is 15.2. The molecular weight excluding hydrogens is 304 g/mol. The molecule has 5 rings (SSSR count). The third-order valence-electron chi connectivity index (χ3n) is 8.42. The second-order valence-corrected chi connectivity index (χ2v) is 10.1. The predicted octanol–water partition coefficient (Wildman–Crippen LogP) is 5.71. The highest BCUT2D eigenvalue weighted by Gasteiger charge is 2.43. The van der Waals surface area contributed by atoms with Gasteiger partial charge >= 0.3 is 0 Å². The van der Waals surface area contributed by atoms with Gasteiger partial charge in [0.15, 0.2) is 0 Å². The van der Waals surface area contributed by atoms with E-state index in [-0.39, 0.29) is 0 Å². The molecule has 1 aromatic heterocycles. The van der Waals surface area contributed by atoms with E-state index in [1.54, 1.807) is 0 Å². The molecule has 0 radical (unpaired) electrons. The molecule has 2 heterocycles. The van der Waals surface area contributed by atoms with E-state index >= 15 is 0 Å². The van der Waals surface area contributed by atoms with Gasteiger partial charge in [0.1, 0.15) is 0 Å². The lowest BCUT2D eigenvalue weighted by atomic mass is 9.62. The highest BCUT2D eigenvalue weighted by Crippen LogP contribution is 2.54. The number of anilines is 1. The van der Waals surface area contributed by atoms with E-state index in [1.807, 2.05) is 0 Å². The average Bonchev–Trinajstić information content (AvgIpc) is 3.24. The summed E-state index contributed by atoms with van der Waals surface area (Å²) in [4.78, 5) is 7.60. The minimum absolute atomic E-state index is 0.313. The number of fused-ring (bicyclic) bond motifs is 2. The Balaban J connectivity index is 1.28. The zero-order chi connectivity index (χ0) is 16.9. The fraction of sp³-hybridized carbons (Fsp3) is 0.783. The van der Waals surface area contributed by atoms with Crippen molar-refractivity contribution in [3.8, 4) is 0 Å². The molecular formula is C23H34N2. The number of nitrogens with zero attached hydrogens (tertiary/aromatic N) is 2. The summed E-state index contributed by atoms with van der Waals surface area (Å²) in [6, 6.07) is 4.73. The van der Waals surface area contributed by atoms with Crippen LogP contribution in [0.25, 0.3) is 0 Å². The fourth-order valence-electron chi connectivity index (χ4n) is 6.56. The Hall–Kier alpha value is -1.05. The number of piperidine rings is 1. The Morgan fingerprint density at radius 1 is 0.920 bits per heavy atom. The van der Waals surface area contributed by atoms with Crippen molar-refractivity contribution in [3.63, 3.8) is 0 Å². The lowest BCUT2D eigenvalue weighted by molar-refractivity contribution is 0.138. The number of hydrogen-bond acceptors (Lipinski definition) is 2. The molecule has 3 saturated carbocycles. The van der Waals surface area contributed by atoms with Crippen molar-refractivity contribution in [3.05, 3.63) is 24.0 Å². The Labute approximate surface area is 153 Å². The van der Waals surface area contributed by atoms with Crippen molar-refractivity contribution in [2.75, 3.05) is 18.0 Å². The van der Waals surface area contributed by atoms with Gasteiger partial charge in [-0.1, -0.05) is 19.8 Å². The molecule has 0 aromatic carbocycles. The quantitative estimate of drug-likeness (QED) is 0.686. The summed E-state index contributed by atoms with van der Waals surface area (Å²) in [5.74, 6) is 1.88. The van der Waals surface area contributed by atoms with Crippen molar-refractivity contribution in [2.45, 2.75) is 83.0 Å². The number of rotatable bonds is 2. The van der Waals surface area contributed by atoms with E-state index in [4.69, 9.17) is 4.98 Å². The zero-order valence-corrected chi connectivity index (χ0v) is 16.0. The van der Waals surface area contributed by atoms with Crippen LogP contribution in [0.3, 0.4) is 0 Å². The zero-order valence-electron chi connectivity index (χ0n) is 16.0. The van der Waals surface area contributed by atoms with Gasteiger partial charge < -0.3 is 4.90 Å². The second-order valence-electron chi connectivity index (χ2n) is 10.1. The molecule has 2 nitrogen and oxygen atoms in total. The maximum absolute atomic E-state index is 4.99. The molecule has 2 bridgehead atoms. The topological polar surface area (TPSA) is 16.1 Å². The van der Waals surface area contributed by atoms with Gasteiger partial charge in [-0.2, -0.15) is 0 Å². The van der Waals surface area contributed by atoms with Gasteiger partial charge in [0.05, 0.1) is 11.9 Å². The Morgan fingerprint density at radius 2 is 1.60 bits per heavy atom. The van der Waals surface area contributed by atoms with Crippen molar-refractivity contribution in [1.29, 1.82) is 0 Å². The van der Waals surface area contributed by atoms with Crippen LogP contribution < -0.4 is 4.90 Å². The van der Waals surface area contributed by atoms with Crippen LogP contribution in [0.4, 0.5) is 5.69 Å². The maximum Gasteiger partial charge on any atom is 0.0553 e. The van der Waals surface area contributed by atoms with Gasteiger partial charge in [-0.3, -0.25) is 4.98 Å². The Bertz CT molecular complexity index is 591. The highest BCUT2D eigenvalue weighted by molar-refractivity contribution is 5.46. The largest absolute Gasteiger partial charge is 0.370 e. The summed E-state index contributed by atoms with van der Waals surface area (Å²) in [5, 5.41) is 0. The van der Waals surface area contributed by atoms with E-state index in [1.165, 1.54) is 95.1 Å². The maximum atomic E-state index is 4.99. The first-order chi connectivity index (χ1) is 12.1. The van der Waals surface area contributed by atoms with Gasteiger partial charge in [-0.05, 0) is 87.2 Å². The molecule has 0 amide bonds. The lowest BCUT2D eigenvalue weighted by Gasteiger charge is -2.43. The molecule has 1 aliphatic heterocycles. The lowest BCUT2D eigenvalue weighted by Crippen LogP contribution is -2.37. The molecule has 2 unspecified atom stereocenters. The number of aromatic nitrogens is 1. The molecule has 2 atom stereocenters. The average molecular weight is 339 g/mol. The Morgan fingerprint density at radius 3 is 2.20 bits per heavy atom. The van der Waals surface area contributed by atoms with Crippen molar-refractivity contribution >= 4 is 5.69 Å². The summed E-state index contributed by atoms with van der Waals surface area (Å²) >= 11 is 0. The fourth-order valence-corrected chi connectivity index (χ4v) is 6.56. The minimum atomic E-state index is 0.313. The molecule has 4 fully saturated rings. The smallest absolute Gasteiger partial charge is 0.0553 e. The van der Waals surface area contributed by atoms with Crippen LogP contribution in [0.2, 0.25) is 0 Å².